The van der Waals surface area contributed by atoms with Gasteiger partial charge in [0.2, 0.25) is 0 Å². The molecule has 0 bridgehead atoms. The number of rotatable bonds is 3. The van der Waals surface area contributed by atoms with Gasteiger partial charge < -0.3 is 5.11 Å². The molecule has 0 aromatic rings. The molecule has 0 spiro atoms. The molecular weight excluding hydrogens is 136 g/mol. The van der Waals surface area contributed by atoms with Crippen LogP contribution in [0.1, 0.15) is 46.0 Å². The first-order valence-corrected chi connectivity index (χ1v) is 4.88. The van der Waals surface area contributed by atoms with Gasteiger partial charge in [0.15, 0.2) is 0 Å². The van der Waals surface area contributed by atoms with E-state index < -0.39 is 0 Å². The number of aliphatic hydroxyl groups excluding tert-OH is 1. The normalized spacial score (nSPS) is 31.6. The van der Waals surface area contributed by atoms with Crippen molar-refractivity contribution < 1.29 is 5.11 Å². The molecule has 1 heteroatoms. The average Bonchev–Trinajstić information content (AvgIpc) is 2.31. The molecule has 1 aliphatic carbocycles. The smallest absolute Gasteiger partial charge is 0.0568 e. The van der Waals surface area contributed by atoms with E-state index in [1.165, 1.54) is 25.7 Å². The molecule has 0 aromatic carbocycles. The van der Waals surface area contributed by atoms with Gasteiger partial charge in [-0.25, -0.2) is 0 Å². The lowest BCUT2D eigenvalue weighted by Crippen LogP contribution is -2.13. The topological polar surface area (TPSA) is 20.2 Å². The van der Waals surface area contributed by atoms with Gasteiger partial charge in [0, 0.05) is 0 Å². The third kappa shape index (κ3) is 2.82. The van der Waals surface area contributed by atoms with Gasteiger partial charge in [-0.1, -0.05) is 26.7 Å². The zero-order valence-corrected chi connectivity index (χ0v) is 7.71. The quantitative estimate of drug-likeness (QED) is 0.666. The first-order valence-electron chi connectivity index (χ1n) is 4.88. The highest BCUT2D eigenvalue weighted by molar-refractivity contribution is 4.76. The van der Waals surface area contributed by atoms with Crippen molar-refractivity contribution in [2.75, 3.05) is 0 Å². The molecular formula is C10H20O. The average molecular weight is 156 g/mol. The zero-order chi connectivity index (χ0) is 8.27. The molecule has 1 N–H and O–H groups in total. The zero-order valence-electron chi connectivity index (χ0n) is 7.71. The summed E-state index contributed by atoms with van der Waals surface area (Å²) < 4.78 is 0. The summed E-state index contributed by atoms with van der Waals surface area (Å²) in [7, 11) is 0. The van der Waals surface area contributed by atoms with Gasteiger partial charge in [0.1, 0.15) is 0 Å². The summed E-state index contributed by atoms with van der Waals surface area (Å²) in [5.74, 6) is 1.42. The fourth-order valence-electron chi connectivity index (χ4n) is 1.90. The predicted molar refractivity (Wildman–Crippen MR) is 47.4 cm³/mol. The van der Waals surface area contributed by atoms with Crippen LogP contribution in [0.15, 0.2) is 0 Å². The lowest BCUT2D eigenvalue weighted by Gasteiger charge is -2.14. The molecule has 0 unspecified atom stereocenters. The molecule has 2 atom stereocenters. The Hall–Kier alpha value is -0.0400. The number of hydrogen-bond acceptors (Lipinski definition) is 1. The highest BCUT2D eigenvalue weighted by Gasteiger charge is 2.24. The van der Waals surface area contributed by atoms with Crippen LogP contribution < -0.4 is 0 Å². The van der Waals surface area contributed by atoms with Crippen molar-refractivity contribution in [2.24, 2.45) is 11.8 Å². The van der Waals surface area contributed by atoms with Crippen LogP contribution in [0.25, 0.3) is 0 Å². The largest absolute Gasteiger partial charge is 0.393 e. The summed E-state index contributed by atoms with van der Waals surface area (Å²) >= 11 is 0. The first-order chi connectivity index (χ1) is 5.20. The summed E-state index contributed by atoms with van der Waals surface area (Å²) in [6.07, 6.45) is 6.08. The van der Waals surface area contributed by atoms with Crippen molar-refractivity contribution >= 4 is 0 Å². The molecule has 0 aromatic heterocycles. The van der Waals surface area contributed by atoms with Crippen LogP contribution in [0, 0.1) is 11.8 Å². The molecule has 0 saturated heterocycles. The van der Waals surface area contributed by atoms with Crippen LogP contribution in [-0.4, -0.2) is 11.2 Å². The summed E-state index contributed by atoms with van der Waals surface area (Å²) in [6.45, 7) is 4.50. The van der Waals surface area contributed by atoms with E-state index in [9.17, 15) is 5.11 Å². The molecule has 0 radical (unpaired) electrons. The van der Waals surface area contributed by atoms with Gasteiger partial charge in [-0.05, 0) is 31.1 Å². The maximum Gasteiger partial charge on any atom is 0.0568 e. The van der Waals surface area contributed by atoms with Gasteiger partial charge in [-0.3, -0.25) is 0 Å². The van der Waals surface area contributed by atoms with Gasteiger partial charge >= 0.3 is 0 Å². The van der Waals surface area contributed by atoms with E-state index >= 15 is 0 Å². The maximum absolute atomic E-state index is 9.50. The second kappa shape index (κ2) is 4.10. The summed E-state index contributed by atoms with van der Waals surface area (Å²) in [6, 6.07) is 0. The Balaban J connectivity index is 2.15. The van der Waals surface area contributed by atoms with E-state index in [0.717, 1.165) is 12.3 Å². The van der Waals surface area contributed by atoms with Crippen molar-refractivity contribution in [3.63, 3.8) is 0 Å². The fraction of sp³-hybridized carbons (Fsp3) is 1.00. The third-order valence-electron chi connectivity index (χ3n) is 2.73. The molecule has 1 fully saturated rings. The molecule has 1 aliphatic rings. The van der Waals surface area contributed by atoms with E-state index in [1.54, 1.807) is 0 Å². The Bertz CT molecular complexity index is 109. The lowest BCUT2D eigenvalue weighted by molar-refractivity contribution is 0.124. The van der Waals surface area contributed by atoms with Crippen LogP contribution in [0.2, 0.25) is 0 Å². The number of aliphatic hydroxyl groups is 1. The van der Waals surface area contributed by atoms with Crippen molar-refractivity contribution in [3.8, 4) is 0 Å². The maximum atomic E-state index is 9.50. The Labute approximate surface area is 69.8 Å². The first kappa shape index (κ1) is 9.05. The second-order valence-corrected chi connectivity index (χ2v) is 4.23. The summed E-state index contributed by atoms with van der Waals surface area (Å²) in [5, 5.41) is 9.50. The Morgan fingerprint density at radius 3 is 2.55 bits per heavy atom. The van der Waals surface area contributed by atoms with Crippen LogP contribution in [-0.2, 0) is 0 Å². The van der Waals surface area contributed by atoms with Crippen molar-refractivity contribution in [1.82, 2.24) is 0 Å². The van der Waals surface area contributed by atoms with Crippen LogP contribution in [0.3, 0.4) is 0 Å². The Kier molecular flexibility index (Phi) is 3.38. The van der Waals surface area contributed by atoms with Crippen molar-refractivity contribution in [3.05, 3.63) is 0 Å². The van der Waals surface area contributed by atoms with Crippen LogP contribution >= 0.6 is 0 Å². The molecule has 66 valence electrons. The lowest BCUT2D eigenvalue weighted by atomic mass is 9.95. The van der Waals surface area contributed by atoms with Gasteiger partial charge in [-0.2, -0.15) is 0 Å². The highest BCUT2D eigenvalue weighted by atomic mass is 16.3. The molecule has 11 heavy (non-hydrogen) atoms. The molecule has 1 saturated carbocycles. The van der Waals surface area contributed by atoms with Crippen molar-refractivity contribution in [1.29, 1.82) is 0 Å². The molecule has 1 rings (SSSR count). The van der Waals surface area contributed by atoms with Gasteiger partial charge in [0.25, 0.3) is 0 Å². The van der Waals surface area contributed by atoms with Crippen LogP contribution in [0.4, 0.5) is 0 Å². The van der Waals surface area contributed by atoms with E-state index in [2.05, 4.69) is 13.8 Å². The standard InChI is InChI=1S/C10H20O/c1-8(2)6-7-9-4-3-5-10(9)11/h8-11H,3-7H2,1-2H3/t9-,10+/m0/s1. The van der Waals surface area contributed by atoms with E-state index in [4.69, 9.17) is 0 Å². The predicted octanol–water partition coefficient (Wildman–Crippen LogP) is 2.58. The third-order valence-corrected chi connectivity index (χ3v) is 2.73. The monoisotopic (exact) mass is 156 g/mol. The van der Waals surface area contributed by atoms with Crippen LogP contribution in [0.5, 0.6) is 0 Å². The SMILES string of the molecule is CC(C)CC[C@@H]1CCC[C@H]1O. The Morgan fingerprint density at radius 2 is 2.09 bits per heavy atom. The van der Waals surface area contributed by atoms with Gasteiger partial charge in [0.05, 0.1) is 6.10 Å². The molecule has 0 heterocycles. The number of hydrogen-bond donors (Lipinski definition) is 1. The molecule has 0 amide bonds. The van der Waals surface area contributed by atoms with Gasteiger partial charge in [-0.15, -0.1) is 0 Å². The summed E-state index contributed by atoms with van der Waals surface area (Å²) in [4.78, 5) is 0. The molecule has 1 nitrogen and oxygen atoms in total. The Morgan fingerprint density at radius 1 is 1.36 bits per heavy atom. The molecule has 0 aliphatic heterocycles. The minimum Gasteiger partial charge on any atom is -0.393 e. The second-order valence-electron chi connectivity index (χ2n) is 4.23. The van der Waals surface area contributed by atoms with E-state index in [0.29, 0.717) is 5.92 Å². The van der Waals surface area contributed by atoms with Crippen molar-refractivity contribution in [2.45, 2.75) is 52.1 Å². The fourth-order valence-corrected chi connectivity index (χ4v) is 1.90. The minimum absolute atomic E-state index is 0.0220. The van der Waals surface area contributed by atoms with E-state index in [1.807, 2.05) is 0 Å². The summed E-state index contributed by atoms with van der Waals surface area (Å²) in [5.41, 5.74) is 0. The minimum atomic E-state index is 0.0220. The highest BCUT2D eigenvalue weighted by Crippen LogP contribution is 2.30. The van der Waals surface area contributed by atoms with E-state index in [-0.39, 0.29) is 6.10 Å².